The Kier molecular flexibility index (Phi) is 5.91. The van der Waals surface area contributed by atoms with Gasteiger partial charge in [0.1, 0.15) is 0 Å². The molecule has 0 unspecified atom stereocenters. The molecule has 0 fully saturated rings. The molecule has 0 aliphatic heterocycles. The van der Waals surface area contributed by atoms with Crippen molar-refractivity contribution in [2.75, 3.05) is 0 Å². The van der Waals surface area contributed by atoms with Crippen molar-refractivity contribution in [3.63, 3.8) is 0 Å². The van der Waals surface area contributed by atoms with Crippen molar-refractivity contribution in [3.05, 3.63) is 112 Å². The van der Waals surface area contributed by atoms with Crippen LogP contribution in [0.25, 0.3) is 10.9 Å². The summed E-state index contributed by atoms with van der Waals surface area (Å²) < 4.78 is 1.58. The Morgan fingerprint density at radius 2 is 1.68 bits per heavy atom. The Morgan fingerprint density at radius 1 is 0.935 bits per heavy atom. The maximum absolute atomic E-state index is 13.0. The molecule has 5 nitrogen and oxygen atoms in total. The number of aromatic nitrogens is 2. The smallest absolute Gasteiger partial charge is 0.261 e. The second kappa shape index (κ2) is 9.10. The highest BCUT2D eigenvalue weighted by Crippen LogP contribution is 2.11. The van der Waals surface area contributed by atoms with E-state index in [1.807, 2.05) is 66.7 Å². The standard InChI is InChI=1S/C26H21N3O2/c27-25(30)16-21-9-11-22(12-10-21)17-29-18-28-24-14-13-20(15-23(24)26(29)31)8-4-7-19-5-2-1-3-6-19/h1-3,5-6,9-15,18H,7,16-17H2,(H2,27,30). The average molecular weight is 407 g/mol. The summed E-state index contributed by atoms with van der Waals surface area (Å²) in [4.78, 5) is 28.5. The van der Waals surface area contributed by atoms with Crippen LogP contribution in [0.2, 0.25) is 0 Å². The van der Waals surface area contributed by atoms with Crippen LogP contribution >= 0.6 is 0 Å². The number of primary amides is 1. The van der Waals surface area contributed by atoms with Crippen LogP contribution in [0.1, 0.15) is 22.3 Å². The number of hydrogen-bond donors (Lipinski definition) is 1. The number of amides is 1. The van der Waals surface area contributed by atoms with Gasteiger partial charge in [-0.25, -0.2) is 4.98 Å². The average Bonchev–Trinajstić information content (AvgIpc) is 2.78. The number of benzene rings is 3. The Labute approximate surface area is 180 Å². The third kappa shape index (κ3) is 5.06. The molecule has 0 aliphatic carbocycles. The van der Waals surface area contributed by atoms with E-state index in [0.29, 0.717) is 23.9 Å². The minimum Gasteiger partial charge on any atom is -0.369 e. The molecule has 0 spiro atoms. The lowest BCUT2D eigenvalue weighted by Crippen LogP contribution is -2.21. The van der Waals surface area contributed by atoms with Crippen molar-refractivity contribution in [2.45, 2.75) is 19.4 Å². The first-order valence-electron chi connectivity index (χ1n) is 9.96. The fraction of sp³-hybridized carbons (Fsp3) is 0.115. The Morgan fingerprint density at radius 3 is 2.42 bits per heavy atom. The van der Waals surface area contributed by atoms with Crippen molar-refractivity contribution in [2.24, 2.45) is 5.73 Å². The van der Waals surface area contributed by atoms with Crippen LogP contribution in [-0.2, 0) is 24.2 Å². The van der Waals surface area contributed by atoms with Crippen LogP contribution < -0.4 is 11.3 Å². The van der Waals surface area contributed by atoms with E-state index in [1.54, 1.807) is 17.0 Å². The van der Waals surface area contributed by atoms with Crippen molar-refractivity contribution in [3.8, 4) is 11.8 Å². The number of rotatable bonds is 5. The van der Waals surface area contributed by atoms with Gasteiger partial charge >= 0.3 is 0 Å². The van der Waals surface area contributed by atoms with Gasteiger partial charge in [0.05, 0.1) is 30.2 Å². The second-order valence-electron chi connectivity index (χ2n) is 7.33. The van der Waals surface area contributed by atoms with Crippen LogP contribution in [-0.4, -0.2) is 15.5 Å². The van der Waals surface area contributed by atoms with Gasteiger partial charge in [-0.05, 0) is 34.9 Å². The third-order valence-corrected chi connectivity index (χ3v) is 4.95. The predicted octanol–water partition coefficient (Wildman–Crippen LogP) is 3.07. The fourth-order valence-electron chi connectivity index (χ4n) is 3.35. The molecule has 0 bridgehead atoms. The normalized spacial score (nSPS) is 10.5. The minimum absolute atomic E-state index is 0.113. The van der Waals surface area contributed by atoms with Gasteiger partial charge in [0, 0.05) is 12.0 Å². The van der Waals surface area contributed by atoms with Crippen molar-refractivity contribution in [1.82, 2.24) is 9.55 Å². The topological polar surface area (TPSA) is 78.0 Å². The maximum atomic E-state index is 13.0. The molecule has 1 heterocycles. The molecule has 1 aromatic heterocycles. The highest BCUT2D eigenvalue weighted by molar-refractivity contribution is 5.79. The quantitative estimate of drug-likeness (QED) is 0.517. The molecule has 0 radical (unpaired) electrons. The molecule has 2 N–H and O–H groups in total. The van der Waals surface area contributed by atoms with E-state index < -0.39 is 0 Å². The number of nitrogens with two attached hydrogens (primary N) is 1. The number of fused-ring (bicyclic) bond motifs is 1. The molecule has 0 atom stereocenters. The zero-order chi connectivity index (χ0) is 21.6. The molecule has 1 amide bonds. The van der Waals surface area contributed by atoms with Crippen LogP contribution in [0.5, 0.6) is 0 Å². The predicted molar refractivity (Wildman–Crippen MR) is 121 cm³/mol. The number of nitrogens with zero attached hydrogens (tertiary/aromatic N) is 2. The maximum Gasteiger partial charge on any atom is 0.261 e. The summed E-state index contributed by atoms with van der Waals surface area (Å²) in [5.41, 5.74) is 9.49. The van der Waals surface area contributed by atoms with Crippen LogP contribution in [0, 0.1) is 11.8 Å². The summed E-state index contributed by atoms with van der Waals surface area (Å²) in [6.07, 6.45) is 2.41. The number of carbonyl (C=O) groups is 1. The van der Waals surface area contributed by atoms with E-state index in [2.05, 4.69) is 16.8 Å². The molecule has 0 aliphatic rings. The number of hydrogen-bond acceptors (Lipinski definition) is 3. The molecule has 152 valence electrons. The highest BCUT2D eigenvalue weighted by Gasteiger charge is 2.06. The van der Waals surface area contributed by atoms with E-state index in [-0.39, 0.29) is 17.9 Å². The van der Waals surface area contributed by atoms with Crippen molar-refractivity contribution < 1.29 is 4.79 Å². The van der Waals surface area contributed by atoms with Gasteiger partial charge in [-0.15, -0.1) is 0 Å². The van der Waals surface area contributed by atoms with Gasteiger partial charge in [0.2, 0.25) is 5.91 Å². The molecule has 0 saturated carbocycles. The van der Waals surface area contributed by atoms with Gasteiger partial charge in [-0.2, -0.15) is 0 Å². The molecular weight excluding hydrogens is 386 g/mol. The van der Waals surface area contributed by atoms with E-state index in [0.717, 1.165) is 22.3 Å². The molecule has 3 aromatic carbocycles. The largest absolute Gasteiger partial charge is 0.369 e. The Bertz CT molecular complexity index is 1350. The van der Waals surface area contributed by atoms with Crippen LogP contribution in [0.4, 0.5) is 0 Å². The molecule has 31 heavy (non-hydrogen) atoms. The summed E-state index contributed by atoms with van der Waals surface area (Å²) in [5, 5.41) is 0.541. The molecule has 0 saturated heterocycles. The SMILES string of the molecule is NC(=O)Cc1ccc(Cn2cnc3ccc(C#CCc4ccccc4)cc3c2=O)cc1. The molecule has 4 aromatic rings. The molecular formula is C26H21N3O2. The van der Waals surface area contributed by atoms with Crippen molar-refractivity contribution in [1.29, 1.82) is 0 Å². The molecule has 5 heteroatoms. The van der Waals surface area contributed by atoms with Crippen molar-refractivity contribution >= 4 is 16.8 Å². The zero-order valence-electron chi connectivity index (χ0n) is 16.9. The second-order valence-corrected chi connectivity index (χ2v) is 7.33. The zero-order valence-corrected chi connectivity index (χ0v) is 16.9. The highest BCUT2D eigenvalue weighted by atomic mass is 16.1. The first-order chi connectivity index (χ1) is 15.1. The van der Waals surface area contributed by atoms with Gasteiger partial charge < -0.3 is 5.73 Å². The van der Waals surface area contributed by atoms with Gasteiger partial charge in [0.15, 0.2) is 0 Å². The van der Waals surface area contributed by atoms with E-state index in [1.165, 1.54) is 0 Å². The lowest BCUT2D eigenvalue weighted by Gasteiger charge is -2.08. The number of carbonyl (C=O) groups excluding carboxylic acids is 1. The summed E-state index contributed by atoms with van der Waals surface area (Å²) in [5.74, 6) is 5.93. The van der Waals surface area contributed by atoms with Gasteiger partial charge in [-0.1, -0.05) is 66.4 Å². The monoisotopic (exact) mass is 407 g/mol. The Balaban J connectivity index is 1.56. The third-order valence-electron chi connectivity index (χ3n) is 4.95. The Hall–Kier alpha value is -4.17. The van der Waals surface area contributed by atoms with Crippen LogP contribution in [0.3, 0.4) is 0 Å². The van der Waals surface area contributed by atoms with E-state index >= 15 is 0 Å². The summed E-state index contributed by atoms with van der Waals surface area (Å²) in [6.45, 7) is 0.391. The lowest BCUT2D eigenvalue weighted by atomic mass is 10.1. The fourth-order valence-corrected chi connectivity index (χ4v) is 3.35. The lowest BCUT2D eigenvalue weighted by molar-refractivity contribution is -0.117. The summed E-state index contributed by atoms with van der Waals surface area (Å²) in [7, 11) is 0. The first-order valence-corrected chi connectivity index (χ1v) is 9.96. The van der Waals surface area contributed by atoms with Crippen LogP contribution in [0.15, 0.2) is 83.9 Å². The summed E-state index contributed by atoms with van der Waals surface area (Å²) in [6, 6.07) is 23.0. The first kappa shape index (κ1) is 20.1. The van der Waals surface area contributed by atoms with E-state index in [4.69, 9.17) is 5.73 Å². The minimum atomic E-state index is -0.370. The molecule has 4 rings (SSSR count). The van der Waals surface area contributed by atoms with E-state index in [9.17, 15) is 9.59 Å². The van der Waals surface area contributed by atoms with Gasteiger partial charge in [-0.3, -0.25) is 14.2 Å². The summed E-state index contributed by atoms with van der Waals surface area (Å²) >= 11 is 0. The van der Waals surface area contributed by atoms with Gasteiger partial charge in [0.25, 0.3) is 5.56 Å².